The van der Waals surface area contributed by atoms with Gasteiger partial charge in [-0.05, 0) is 31.1 Å². The number of rotatable bonds is 2. The highest BCUT2D eigenvalue weighted by atomic mass is 16.5. The van der Waals surface area contributed by atoms with E-state index in [1.807, 2.05) is 24.3 Å². The molecule has 1 aromatic carbocycles. The van der Waals surface area contributed by atoms with E-state index in [4.69, 9.17) is 9.47 Å². The van der Waals surface area contributed by atoms with E-state index in [0.29, 0.717) is 0 Å². The van der Waals surface area contributed by atoms with Crippen molar-refractivity contribution in [3.63, 3.8) is 0 Å². The molecule has 0 amide bonds. The van der Waals surface area contributed by atoms with Crippen molar-refractivity contribution in [2.24, 2.45) is 0 Å². The largest absolute Gasteiger partial charge is 0.497 e. The van der Waals surface area contributed by atoms with Crippen molar-refractivity contribution in [2.45, 2.75) is 12.8 Å². The Bertz CT molecular complexity index is 342. The Kier molecular flexibility index (Phi) is 2.73. The van der Waals surface area contributed by atoms with Gasteiger partial charge in [0, 0.05) is 5.56 Å². The van der Waals surface area contributed by atoms with E-state index >= 15 is 0 Å². The maximum Gasteiger partial charge on any atom is 0.122 e. The number of benzene rings is 1. The molecule has 1 aromatic rings. The molecule has 2 nitrogen and oxygen atoms in total. The molecule has 2 heteroatoms. The van der Waals surface area contributed by atoms with Crippen LogP contribution in [0.2, 0.25) is 0 Å². The summed E-state index contributed by atoms with van der Waals surface area (Å²) >= 11 is 0. The Morgan fingerprint density at radius 2 is 2.29 bits per heavy atom. The van der Waals surface area contributed by atoms with E-state index in [0.717, 1.165) is 36.5 Å². The van der Waals surface area contributed by atoms with Crippen molar-refractivity contribution in [1.82, 2.24) is 0 Å². The maximum absolute atomic E-state index is 5.57. The molecule has 74 valence electrons. The van der Waals surface area contributed by atoms with E-state index < -0.39 is 0 Å². The van der Waals surface area contributed by atoms with Gasteiger partial charge in [-0.2, -0.15) is 0 Å². The van der Waals surface area contributed by atoms with Crippen LogP contribution < -0.4 is 4.74 Å². The first kappa shape index (κ1) is 9.13. The molecular weight excluding hydrogens is 176 g/mol. The van der Waals surface area contributed by atoms with Crippen molar-refractivity contribution in [1.29, 1.82) is 0 Å². The summed E-state index contributed by atoms with van der Waals surface area (Å²) in [6, 6.07) is 7.96. The van der Waals surface area contributed by atoms with E-state index in [-0.39, 0.29) is 0 Å². The van der Waals surface area contributed by atoms with Crippen LogP contribution in [0.1, 0.15) is 18.4 Å². The maximum atomic E-state index is 5.57. The SMILES string of the molecule is COc1cccc(C2=CCCCO2)c1. The van der Waals surface area contributed by atoms with E-state index in [1.165, 1.54) is 0 Å². The molecule has 14 heavy (non-hydrogen) atoms. The lowest BCUT2D eigenvalue weighted by atomic mass is 10.1. The minimum atomic E-state index is 0.822. The third kappa shape index (κ3) is 1.90. The Labute approximate surface area is 84.2 Å². The van der Waals surface area contributed by atoms with Crippen LogP contribution in [0.3, 0.4) is 0 Å². The van der Waals surface area contributed by atoms with Crippen LogP contribution in [0, 0.1) is 0 Å². The minimum Gasteiger partial charge on any atom is -0.497 e. The van der Waals surface area contributed by atoms with Crippen molar-refractivity contribution in [2.75, 3.05) is 13.7 Å². The van der Waals surface area contributed by atoms with Gasteiger partial charge < -0.3 is 9.47 Å². The summed E-state index contributed by atoms with van der Waals surface area (Å²) in [4.78, 5) is 0. The monoisotopic (exact) mass is 190 g/mol. The summed E-state index contributed by atoms with van der Waals surface area (Å²) in [6.45, 7) is 0.822. The first-order valence-electron chi connectivity index (χ1n) is 4.87. The second-order valence-corrected chi connectivity index (χ2v) is 3.29. The smallest absolute Gasteiger partial charge is 0.122 e. The van der Waals surface area contributed by atoms with Crippen LogP contribution in [-0.2, 0) is 4.74 Å². The van der Waals surface area contributed by atoms with Gasteiger partial charge in [0.25, 0.3) is 0 Å². The molecule has 0 saturated carbocycles. The molecule has 2 rings (SSSR count). The zero-order valence-corrected chi connectivity index (χ0v) is 8.32. The Morgan fingerprint density at radius 1 is 1.36 bits per heavy atom. The van der Waals surface area contributed by atoms with Crippen molar-refractivity contribution < 1.29 is 9.47 Å². The Hall–Kier alpha value is -1.44. The van der Waals surface area contributed by atoms with Crippen LogP contribution in [0.25, 0.3) is 5.76 Å². The second-order valence-electron chi connectivity index (χ2n) is 3.29. The summed E-state index contributed by atoms with van der Waals surface area (Å²) in [5.74, 6) is 1.85. The first-order valence-corrected chi connectivity index (χ1v) is 4.87. The highest BCUT2D eigenvalue weighted by molar-refractivity contribution is 5.61. The van der Waals surface area contributed by atoms with Gasteiger partial charge in [-0.15, -0.1) is 0 Å². The predicted molar refractivity (Wildman–Crippen MR) is 56.2 cm³/mol. The summed E-state index contributed by atoms with van der Waals surface area (Å²) in [5.41, 5.74) is 1.10. The molecule has 0 radical (unpaired) electrons. The number of hydrogen-bond acceptors (Lipinski definition) is 2. The number of methoxy groups -OCH3 is 1. The Balaban J connectivity index is 2.26. The summed E-state index contributed by atoms with van der Waals surface area (Å²) in [7, 11) is 1.68. The molecular formula is C12H14O2. The van der Waals surface area contributed by atoms with Gasteiger partial charge >= 0.3 is 0 Å². The molecule has 1 aliphatic rings. The zero-order valence-electron chi connectivity index (χ0n) is 8.32. The molecule has 0 unspecified atom stereocenters. The normalized spacial score (nSPS) is 15.6. The molecule has 0 aliphatic carbocycles. The lowest BCUT2D eigenvalue weighted by Gasteiger charge is -2.15. The van der Waals surface area contributed by atoms with Crippen molar-refractivity contribution >= 4 is 5.76 Å². The van der Waals surface area contributed by atoms with Crippen LogP contribution in [-0.4, -0.2) is 13.7 Å². The molecule has 0 N–H and O–H groups in total. The van der Waals surface area contributed by atoms with E-state index in [1.54, 1.807) is 7.11 Å². The lowest BCUT2D eigenvalue weighted by Crippen LogP contribution is -2.00. The number of hydrogen-bond donors (Lipinski definition) is 0. The molecule has 1 heterocycles. The summed E-state index contributed by atoms with van der Waals surface area (Å²) in [5, 5.41) is 0. The van der Waals surface area contributed by atoms with Gasteiger partial charge in [-0.1, -0.05) is 12.1 Å². The highest BCUT2D eigenvalue weighted by Crippen LogP contribution is 2.24. The first-order chi connectivity index (χ1) is 6.90. The van der Waals surface area contributed by atoms with Crippen LogP contribution in [0.15, 0.2) is 30.3 Å². The zero-order chi connectivity index (χ0) is 9.80. The number of allylic oxidation sites excluding steroid dienone is 1. The van der Waals surface area contributed by atoms with E-state index in [9.17, 15) is 0 Å². The fourth-order valence-corrected chi connectivity index (χ4v) is 1.54. The standard InChI is InChI=1S/C12H14O2/c1-13-11-6-4-5-10(9-11)12-7-2-3-8-14-12/h4-7,9H,2-3,8H2,1H3. The molecule has 1 aliphatic heterocycles. The second kappa shape index (κ2) is 4.18. The molecule has 0 spiro atoms. The van der Waals surface area contributed by atoms with Gasteiger partial charge in [0.2, 0.25) is 0 Å². The van der Waals surface area contributed by atoms with Gasteiger partial charge in [0.1, 0.15) is 11.5 Å². The van der Waals surface area contributed by atoms with Gasteiger partial charge in [-0.25, -0.2) is 0 Å². The quantitative estimate of drug-likeness (QED) is 0.714. The van der Waals surface area contributed by atoms with Crippen LogP contribution in [0.5, 0.6) is 5.75 Å². The fourth-order valence-electron chi connectivity index (χ4n) is 1.54. The minimum absolute atomic E-state index is 0.822. The third-order valence-corrected chi connectivity index (χ3v) is 2.29. The van der Waals surface area contributed by atoms with Crippen molar-refractivity contribution in [3.8, 4) is 5.75 Å². The van der Waals surface area contributed by atoms with Gasteiger partial charge in [0.05, 0.1) is 13.7 Å². The topological polar surface area (TPSA) is 18.5 Å². The molecule has 0 aromatic heterocycles. The molecule has 0 fully saturated rings. The lowest BCUT2D eigenvalue weighted by molar-refractivity contribution is 0.258. The average Bonchev–Trinajstić information content (AvgIpc) is 2.30. The summed E-state index contributed by atoms with van der Waals surface area (Å²) < 4.78 is 10.7. The number of ether oxygens (including phenoxy) is 2. The van der Waals surface area contributed by atoms with E-state index in [2.05, 4.69) is 6.08 Å². The summed E-state index contributed by atoms with van der Waals surface area (Å²) in [6.07, 6.45) is 4.36. The Morgan fingerprint density at radius 3 is 3.00 bits per heavy atom. The third-order valence-electron chi connectivity index (χ3n) is 2.29. The fraction of sp³-hybridized carbons (Fsp3) is 0.333. The highest BCUT2D eigenvalue weighted by Gasteiger charge is 2.07. The molecule has 0 atom stereocenters. The average molecular weight is 190 g/mol. The van der Waals surface area contributed by atoms with Crippen molar-refractivity contribution in [3.05, 3.63) is 35.9 Å². The van der Waals surface area contributed by atoms with Gasteiger partial charge in [0.15, 0.2) is 0 Å². The molecule has 0 saturated heterocycles. The molecule has 0 bridgehead atoms. The van der Waals surface area contributed by atoms with Gasteiger partial charge in [-0.3, -0.25) is 0 Å². The predicted octanol–water partition coefficient (Wildman–Crippen LogP) is 2.85. The van der Waals surface area contributed by atoms with Crippen LogP contribution in [0.4, 0.5) is 0 Å². The van der Waals surface area contributed by atoms with Crippen LogP contribution >= 0.6 is 0 Å².